The lowest BCUT2D eigenvalue weighted by Crippen LogP contribution is -2.28. The Balaban J connectivity index is 1.55. The van der Waals surface area contributed by atoms with Crippen LogP contribution in [0.3, 0.4) is 0 Å². The molecule has 0 bridgehead atoms. The molecule has 0 atom stereocenters. The highest BCUT2D eigenvalue weighted by Gasteiger charge is 2.11. The molecule has 0 saturated carbocycles. The predicted octanol–water partition coefficient (Wildman–Crippen LogP) is 5.04. The van der Waals surface area contributed by atoms with Crippen molar-refractivity contribution in [1.82, 2.24) is 15.3 Å². The summed E-state index contributed by atoms with van der Waals surface area (Å²) >= 11 is 12.1. The molecule has 6 nitrogen and oxygen atoms in total. The molecule has 2 aromatic heterocycles. The van der Waals surface area contributed by atoms with E-state index in [9.17, 15) is 4.79 Å². The van der Waals surface area contributed by atoms with Crippen molar-refractivity contribution in [3.05, 3.63) is 76.7 Å². The van der Waals surface area contributed by atoms with Gasteiger partial charge < -0.3 is 15.1 Å². The molecule has 4 rings (SSSR count). The Morgan fingerprint density at radius 2 is 1.76 bits per heavy atom. The number of nitrogens with one attached hydrogen (secondary N) is 2. The van der Waals surface area contributed by atoms with E-state index < -0.39 is 0 Å². The number of anilines is 1. The maximum atomic E-state index is 11.9. The molecule has 0 saturated heterocycles. The maximum absolute atomic E-state index is 11.9. The third kappa shape index (κ3) is 4.50. The number of rotatable bonds is 6. The first kappa shape index (κ1) is 19.2. The fraction of sp³-hybridized carbons (Fsp3) is 0.0952. The molecular formula is C21H16Cl2N4O2. The zero-order valence-corrected chi connectivity index (χ0v) is 16.7. The van der Waals surface area contributed by atoms with Gasteiger partial charge in [0.15, 0.2) is 11.6 Å². The van der Waals surface area contributed by atoms with Crippen LogP contribution < -0.4 is 10.6 Å². The second-order valence-corrected chi connectivity index (χ2v) is 7.10. The first-order valence-electron chi connectivity index (χ1n) is 8.89. The van der Waals surface area contributed by atoms with Crippen LogP contribution in [0, 0.1) is 0 Å². The van der Waals surface area contributed by atoms with Crippen LogP contribution in [0.1, 0.15) is 10.6 Å². The van der Waals surface area contributed by atoms with Crippen LogP contribution in [0.2, 0.25) is 10.0 Å². The van der Waals surface area contributed by atoms with Gasteiger partial charge in [0.25, 0.3) is 5.91 Å². The molecule has 0 radical (unpaired) electrons. The van der Waals surface area contributed by atoms with Crippen LogP contribution in [-0.4, -0.2) is 29.0 Å². The number of carbonyl (C=O) groups is 1. The van der Waals surface area contributed by atoms with Gasteiger partial charge in [0.05, 0.1) is 11.8 Å². The highest BCUT2D eigenvalue weighted by molar-refractivity contribution is 6.31. The van der Waals surface area contributed by atoms with Crippen molar-refractivity contribution in [3.8, 4) is 11.4 Å². The fourth-order valence-corrected chi connectivity index (χ4v) is 3.11. The Morgan fingerprint density at radius 3 is 2.52 bits per heavy atom. The molecule has 0 unspecified atom stereocenters. The zero-order chi connectivity index (χ0) is 20.2. The quantitative estimate of drug-likeness (QED) is 0.422. The Bertz CT molecular complexity index is 1150. The van der Waals surface area contributed by atoms with Crippen molar-refractivity contribution < 1.29 is 9.21 Å². The molecule has 4 aromatic rings. The molecule has 0 aliphatic heterocycles. The number of halogens is 2. The Morgan fingerprint density at radius 1 is 0.966 bits per heavy atom. The molecule has 146 valence electrons. The van der Waals surface area contributed by atoms with Gasteiger partial charge in [-0.3, -0.25) is 4.79 Å². The molecule has 1 amide bonds. The molecular weight excluding hydrogens is 411 g/mol. The van der Waals surface area contributed by atoms with Gasteiger partial charge in [-0.2, -0.15) is 0 Å². The molecule has 8 heteroatoms. The summed E-state index contributed by atoms with van der Waals surface area (Å²) in [6, 6.07) is 16.0. The van der Waals surface area contributed by atoms with Crippen LogP contribution in [0.5, 0.6) is 0 Å². The van der Waals surface area contributed by atoms with Gasteiger partial charge in [0.1, 0.15) is 5.82 Å². The first-order chi connectivity index (χ1) is 14.1. The van der Waals surface area contributed by atoms with Crippen molar-refractivity contribution in [2.45, 2.75) is 0 Å². The van der Waals surface area contributed by atoms with Crippen LogP contribution in [0.4, 0.5) is 5.82 Å². The number of furan rings is 1. The van der Waals surface area contributed by atoms with Crippen molar-refractivity contribution >= 4 is 45.8 Å². The molecule has 2 heterocycles. The number of carbonyl (C=O) groups excluding carboxylic acids is 1. The van der Waals surface area contributed by atoms with Crippen LogP contribution in [0.15, 0.2) is 65.3 Å². The molecule has 2 aromatic carbocycles. The van der Waals surface area contributed by atoms with E-state index in [1.807, 2.05) is 18.2 Å². The van der Waals surface area contributed by atoms with Gasteiger partial charge in [-0.05, 0) is 54.6 Å². The number of amides is 1. The summed E-state index contributed by atoms with van der Waals surface area (Å²) in [7, 11) is 0. The lowest BCUT2D eigenvalue weighted by atomic mass is 10.2. The van der Waals surface area contributed by atoms with Crippen molar-refractivity contribution in [1.29, 1.82) is 0 Å². The lowest BCUT2D eigenvalue weighted by Gasteiger charge is -2.12. The third-order valence-electron chi connectivity index (χ3n) is 4.21. The van der Waals surface area contributed by atoms with Crippen molar-refractivity contribution in [2.24, 2.45) is 0 Å². The summed E-state index contributed by atoms with van der Waals surface area (Å²) in [6.45, 7) is 0.871. The first-order valence-corrected chi connectivity index (χ1v) is 9.64. The largest absolute Gasteiger partial charge is 0.459 e. The highest BCUT2D eigenvalue weighted by atomic mass is 35.5. The SMILES string of the molecule is O=C(NCCNc1nc(-c2ccc(Cl)cc2)nc2cc(Cl)ccc12)c1ccco1. The zero-order valence-electron chi connectivity index (χ0n) is 15.2. The number of aromatic nitrogens is 2. The minimum Gasteiger partial charge on any atom is -0.459 e. The van der Waals surface area contributed by atoms with Gasteiger partial charge >= 0.3 is 0 Å². The summed E-state index contributed by atoms with van der Waals surface area (Å²) in [5.74, 6) is 1.22. The molecule has 0 aliphatic rings. The van der Waals surface area contributed by atoms with Gasteiger partial charge in [-0.15, -0.1) is 0 Å². The van der Waals surface area contributed by atoms with Crippen LogP contribution >= 0.6 is 23.2 Å². The normalized spacial score (nSPS) is 10.8. The Kier molecular flexibility index (Phi) is 5.64. The van der Waals surface area contributed by atoms with E-state index in [0.29, 0.717) is 34.8 Å². The van der Waals surface area contributed by atoms with E-state index in [2.05, 4.69) is 20.6 Å². The number of benzene rings is 2. The summed E-state index contributed by atoms with van der Waals surface area (Å²) in [4.78, 5) is 21.2. The van der Waals surface area contributed by atoms with Gasteiger partial charge in [-0.1, -0.05) is 23.2 Å². The van der Waals surface area contributed by atoms with E-state index in [4.69, 9.17) is 27.6 Å². The van der Waals surface area contributed by atoms with Crippen molar-refractivity contribution in [2.75, 3.05) is 18.4 Å². The van der Waals surface area contributed by atoms with E-state index in [0.717, 1.165) is 16.5 Å². The molecule has 0 spiro atoms. The average Bonchev–Trinajstić information content (AvgIpc) is 3.26. The van der Waals surface area contributed by atoms with Crippen LogP contribution in [-0.2, 0) is 0 Å². The summed E-state index contributed by atoms with van der Waals surface area (Å²) in [5, 5.41) is 8.13. The standard InChI is InChI=1S/C21H16Cl2N4O2/c22-14-5-3-13(4-6-14)19-26-17-12-15(23)7-8-16(17)20(27-19)24-9-10-25-21(28)18-2-1-11-29-18/h1-8,11-12H,9-10H2,(H,25,28)(H,24,26,27). The molecule has 2 N–H and O–H groups in total. The highest BCUT2D eigenvalue weighted by Crippen LogP contribution is 2.27. The second kappa shape index (κ2) is 8.51. The van der Waals surface area contributed by atoms with Gasteiger partial charge in [0.2, 0.25) is 0 Å². The summed E-state index contributed by atoms with van der Waals surface area (Å²) in [6.07, 6.45) is 1.46. The van der Waals surface area contributed by atoms with Crippen LogP contribution in [0.25, 0.3) is 22.3 Å². The fourth-order valence-electron chi connectivity index (χ4n) is 2.82. The number of fused-ring (bicyclic) bond motifs is 1. The molecule has 29 heavy (non-hydrogen) atoms. The topological polar surface area (TPSA) is 80.0 Å². The number of nitrogens with zero attached hydrogens (tertiary/aromatic N) is 2. The van der Waals surface area contributed by atoms with E-state index in [1.54, 1.807) is 36.4 Å². The smallest absolute Gasteiger partial charge is 0.287 e. The maximum Gasteiger partial charge on any atom is 0.287 e. The van der Waals surface area contributed by atoms with Gasteiger partial charge in [0, 0.05) is 34.1 Å². The lowest BCUT2D eigenvalue weighted by molar-refractivity contribution is 0.0927. The average molecular weight is 427 g/mol. The minimum atomic E-state index is -0.266. The van der Waals surface area contributed by atoms with E-state index in [-0.39, 0.29) is 11.7 Å². The summed E-state index contributed by atoms with van der Waals surface area (Å²) in [5.41, 5.74) is 1.56. The van der Waals surface area contributed by atoms with Gasteiger partial charge in [-0.25, -0.2) is 9.97 Å². The number of hydrogen-bond donors (Lipinski definition) is 2. The van der Waals surface area contributed by atoms with E-state index >= 15 is 0 Å². The Labute approximate surface area is 176 Å². The van der Waals surface area contributed by atoms with E-state index in [1.165, 1.54) is 6.26 Å². The predicted molar refractivity (Wildman–Crippen MR) is 115 cm³/mol. The second-order valence-electron chi connectivity index (χ2n) is 6.22. The molecule has 0 aliphatic carbocycles. The third-order valence-corrected chi connectivity index (χ3v) is 4.70. The monoisotopic (exact) mass is 426 g/mol. The number of hydrogen-bond acceptors (Lipinski definition) is 5. The molecule has 0 fully saturated rings. The minimum absolute atomic E-state index is 0.266. The Hall–Kier alpha value is -3.09. The van der Waals surface area contributed by atoms with Crippen molar-refractivity contribution in [3.63, 3.8) is 0 Å². The summed E-state index contributed by atoms with van der Waals surface area (Å²) < 4.78 is 5.08.